The number of hydrogen-bond acceptors (Lipinski definition) is 3. The molecule has 0 saturated heterocycles. The van der Waals surface area contributed by atoms with Gasteiger partial charge in [-0.05, 0) is 17.7 Å². The van der Waals surface area contributed by atoms with Crippen LogP contribution in [0.3, 0.4) is 0 Å². The van der Waals surface area contributed by atoms with Crippen LogP contribution in [0, 0.1) is 11.3 Å². The van der Waals surface area contributed by atoms with E-state index >= 15 is 0 Å². The van der Waals surface area contributed by atoms with Crippen LogP contribution in [-0.4, -0.2) is 9.13 Å². The molecule has 5 heteroatoms. The summed E-state index contributed by atoms with van der Waals surface area (Å²) in [4.78, 5) is 23.2. The zero-order valence-electron chi connectivity index (χ0n) is 9.83. The van der Waals surface area contributed by atoms with E-state index in [9.17, 15) is 9.59 Å². The summed E-state index contributed by atoms with van der Waals surface area (Å²) in [6.07, 6.45) is 3.12. The molecular weight excluding hydrogens is 230 g/mol. The molecule has 1 aromatic carbocycles. The standard InChI is InChI=1S/C13H11N3O2/c1-15-6-7-16(13(18)12(15)17)9-11-4-2-10(8-14)3-5-11/h2-7H,9H2,1H3. The monoisotopic (exact) mass is 241 g/mol. The van der Waals surface area contributed by atoms with E-state index in [0.717, 1.165) is 5.56 Å². The molecule has 0 saturated carbocycles. The minimum absolute atomic E-state index is 0.320. The highest BCUT2D eigenvalue weighted by molar-refractivity contribution is 5.31. The fraction of sp³-hybridized carbons (Fsp3) is 0.154. The summed E-state index contributed by atoms with van der Waals surface area (Å²) in [6.45, 7) is 0.320. The molecule has 2 rings (SSSR count). The van der Waals surface area contributed by atoms with Gasteiger partial charge in [0.1, 0.15) is 0 Å². The Hall–Kier alpha value is -2.61. The quantitative estimate of drug-likeness (QED) is 0.717. The van der Waals surface area contributed by atoms with Crippen LogP contribution in [0.4, 0.5) is 0 Å². The molecule has 1 heterocycles. The Labute approximate surface area is 103 Å². The Balaban J connectivity index is 2.35. The van der Waals surface area contributed by atoms with Crippen molar-refractivity contribution in [1.29, 1.82) is 5.26 Å². The number of rotatable bonds is 2. The maximum Gasteiger partial charge on any atom is 0.316 e. The summed E-state index contributed by atoms with van der Waals surface area (Å²) in [7, 11) is 1.54. The van der Waals surface area contributed by atoms with Gasteiger partial charge in [-0.15, -0.1) is 0 Å². The molecule has 0 aliphatic rings. The Kier molecular flexibility index (Phi) is 3.11. The lowest BCUT2D eigenvalue weighted by molar-refractivity contribution is 0.695. The molecule has 5 nitrogen and oxygen atoms in total. The van der Waals surface area contributed by atoms with Gasteiger partial charge in [0.2, 0.25) is 0 Å². The second-order valence-corrected chi connectivity index (χ2v) is 3.96. The summed E-state index contributed by atoms with van der Waals surface area (Å²) >= 11 is 0. The molecule has 0 aliphatic carbocycles. The Morgan fingerprint density at radius 3 is 2.39 bits per heavy atom. The van der Waals surface area contributed by atoms with Crippen molar-refractivity contribution < 1.29 is 0 Å². The highest BCUT2D eigenvalue weighted by Crippen LogP contribution is 2.04. The van der Waals surface area contributed by atoms with Gasteiger partial charge in [0.25, 0.3) is 0 Å². The summed E-state index contributed by atoms with van der Waals surface area (Å²) < 4.78 is 2.60. The van der Waals surface area contributed by atoms with E-state index in [1.807, 2.05) is 6.07 Å². The van der Waals surface area contributed by atoms with E-state index in [1.54, 1.807) is 36.7 Å². The van der Waals surface area contributed by atoms with Crippen molar-refractivity contribution in [1.82, 2.24) is 9.13 Å². The van der Waals surface area contributed by atoms with Gasteiger partial charge in [-0.1, -0.05) is 12.1 Å². The van der Waals surface area contributed by atoms with Gasteiger partial charge in [0.15, 0.2) is 0 Å². The first-order valence-electron chi connectivity index (χ1n) is 5.37. The van der Waals surface area contributed by atoms with Crippen LogP contribution >= 0.6 is 0 Å². The number of nitriles is 1. The van der Waals surface area contributed by atoms with Crippen LogP contribution in [0.15, 0.2) is 46.2 Å². The molecular formula is C13H11N3O2. The zero-order valence-corrected chi connectivity index (χ0v) is 9.83. The van der Waals surface area contributed by atoms with E-state index < -0.39 is 11.1 Å². The topological polar surface area (TPSA) is 67.8 Å². The van der Waals surface area contributed by atoms with Gasteiger partial charge in [-0.25, -0.2) is 0 Å². The van der Waals surface area contributed by atoms with Gasteiger partial charge in [-0.2, -0.15) is 5.26 Å². The fourth-order valence-corrected chi connectivity index (χ4v) is 1.60. The minimum atomic E-state index is -0.552. The van der Waals surface area contributed by atoms with E-state index in [4.69, 9.17) is 5.26 Å². The molecule has 0 N–H and O–H groups in total. The van der Waals surface area contributed by atoms with Crippen LogP contribution in [-0.2, 0) is 13.6 Å². The molecule has 0 aliphatic heterocycles. The van der Waals surface area contributed by atoms with Gasteiger partial charge >= 0.3 is 11.1 Å². The fourth-order valence-electron chi connectivity index (χ4n) is 1.60. The van der Waals surface area contributed by atoms with Gasteiger partial charge in [-0.3, -0.25) is 9.59 Å². The van der Waals surface area contributed by atoms with Crippen molar-refractivity contribution in [3.8, 4) is 6.07 Å². The molecule has 1 aromatic heterocycles. The van der Waals surface area contributed by atoms with Crippen LogP contribution in [0.5, 0.6) is 0 Å². The van der Waals surface area contributed by atoms with Crippen molar-refractivity contribution in [2.75, 3.05) is 0 Å². The second kappa shape index (κ2) is 4.72. The lowest BCUT2D eigenvalue weighted by Crippen LogP contribution is -2.39. The Bertz CT molecular complexity index is 718. The van der Waals surface area contributed by atoms with E-state index in [0.29, 0.717) is 12.1 Å². The normalized spacial score (nSPS) is 10.0. The average molecular weight is 241 g/mol. The number of hydrogen-bond donors (Lipinski definition) is 0. The predicted molar refractivity (Wildman–Crippen MR) is 66.2 cm³/mol. The van der Waals surface area contributed by atoms with Crippen LogP contribution in [0.2, 0.25) is 0 Å². The van der Waals surface area contributed by atoms with Gasteiger partial charge in [0, 0.05) is 19.4 Å². The predicted octanol–water partition coefficient (Wildman–Crippen LogP) is 0.467. The lowest BCUT2D eigenvalue weighted by Gasteiger charge is -2.06. The van der Waals surface area contributed by atoms with Crippen molar-refractivity contribution in [3.63, 3.8) is 0 Å². The van der Waals surface area contributed by atoms with Crippen LogP contribution in [0.25, 0.3) is 0 Å². The largest absolute Gasteiger partial charge is 0.316 e. The van der Waals surface area contributed by atoms with E-state index in [1.165, 1.54) is 16.2 Å². The maximum absolute atomic E-state index is 11.7. The Morgan fingerprint density at radius 2 is 1.78 bits per heavy atom. The first-order chi connectivity index (χ1) is 8.61. The Morgan fingerprint density at radius 1 is 1.11 bits per heavy atom. The summed E-state index contributed by atoms with van der Waals surface area (Å²) in [5, 5.41) is 8.68. The molecule has 0 fully saturated rings. The molecule has 0 bridgehead atoms. The first kappa shape index (κ1) is 11.9. The summed E-state index contributed by atoms with van der Waals surface area (Å²) in [5.74, 6) is 0. The second-order valence-electron chi connectivity index (χ2n) is 3.96. The van der Waals surface area contributed by atoms with Gasteiger partial charge in [0.05, 0.1) is 18.2 Å². The van der Waals surface area contributed by atoms with Crippen molar-refractivity contribution in [2.45, 2.75) is 6.54 Å². The maximum atomic E-state index is 11.7. The molecule has 0 radical (unpaired) electrons. The number of nitrogens with zero attached hydrogens (tertiary/aromatic N) is 3. The first-order valence-corrected chi connectivity index (χ1v) is 5.37. The third-order valence-electron chi connectivity index (χ3n) is 2.67. The number of benzene rings is 1. The lowest BCUT2D eigenvalue weighted by atomic mass is 10.1. The summed E-state index contributed by atoms with van der Waals surface area (Å²) in [6, 6.07) is 8.92. The summed E-state index contributed by atoms with van der Waals surface area (Å²) in [5.41, 5.74) is 0.329. The SMILES string of the molecule is Cn1ccn(Cc2ccc(C#N)cc2)c(=O)c1=O. The van der Waals surface area contributed by atoms with Crippen molar-refractivity contribution in [3.05, 3.63) is 68.5 Å². The zero-order chi connectivity index (χ0) is 13.1. The molecule has 0 atom stereocenters. The molecule has 0 unspecified atom stereocenters. The van der Waals surface area contributed by atoms with Crippen LogP contribution < -0.4 is 11.1 Å². The smallest absolute Gasteiger partial charge is 0.312 e. The number of aromatic nitrogens is 2. The third-order valence-corrected chi connectivity index (χ3v) is 2.67. The number of aryl methyl sites for hydroxylation is 1. The molecule has 2 aromatic rings. The van der Waals surface area contributed by atoms with E-state index in [-0.39, 0.29) is 0 Å². The molecule has 18 heavy (non-hydrogen) atoms. The van der Waals surface area contributed by atoms with Gasteiger partial charge < -0.3 is 9.13 Å². The van der Waals surface area contributed by atoms with E-state index in [2.05, 4.69) is 0 Å². The van der Waals surface area contributed by atoms with Crippen LogP contribution in [0.1, 0.15) is 11.1 Å². The highest BCUT2D eigenvalue weighted by atomic mass is 16.2. The highest BCUT2D eigenvalue weighted by Gasteiger charge is 2.03. The average Bonchev–Trinajstić information content (AvgIpc) is 2.40. The molecule has 90 valence electrons. The molecule has 0 spiro atoms. The van der Waals surface area contributed by atoms with Crippen molar-refractivity contribution >= 4 is 0 Å². The van der Waals surface area contributed by atoms with Crippen molar-refractivity contribution in [2.24, 2.45) is 7.05 Å². The molecule has 0 amide bonds. The third kappa shape index (κ3) is 2.23. The minimum Gasteiger partial charge on any atom is -0.312 e.